The minimum Gasteiger partial charge on any atom is -0.508 e. The molecule has 0 aromatic heterocycles. The molecule has 88 valence electrons. The third-order valence-corrected chi connectivity index (χ3v) is 2.24. The number of carbonyl (C=O) groups is 1. The van der Waals surface area contributed by atoms with Crippen molar-refractivity contribution >= 4 is 6.03 Å². The van der Waals surface area contributed by atoms with Crippen LogP contribution in [0.15, 0.2) is 24.3 Å². The Morgan fingerprint density at radius 2 is 2.25 bits per heavy atom. The van der Waals surface area contributed by atoms with Crippen LogP contribution in [0, 0.1) is 0 Å². The van der Waals surface area contributed by atoms with Crippen LogP contribution in [-0.2, 0) is 0 Å². The number of primary amides is 1. The molecular weight excluding hydrogens is 206 g/mol. The maximum absolute atomic E-state index is 10.4. The van der Waals surface area contributed by atoms with E-state index < -0.39 is 6.03 Å². The molecule has 0 aliphatic heterocycles. The van der Waals surface area contributed by atoms with Gasteiger partial charge in [-0.1, -0.05) is 12.1 Å². The van der Waals surface area contributed by atoms with Crippen molar-refractivity contribution in [2.75, 3.05) is 13.1 Å². The third kappa shape index (κ3) is 4.18. The van der Waals surface area contributed by atoms with Gasteiger partial charge in [-0.25, -0.2) is 4.79 Å². The topological polar surface area (TPSA) is 87.4 Å². The van der Waals surface area contributed by atoms with Crippen LogP contribution in [0.1, 0.15) is 18.5 Å². The van der Waals surface area contributed by atoms with E-state index in [-0.39, 0.29) is 11.8 Å². The number of phenolic OH excluding ortho intramolecular Hbond substituents is 1. The van der Waals surface area contributed by atoms with Crippen LogP contribution in [0.3, 0.4) is 0 Å². The number of nitrogens with one attached hydrogen (secondary N) is 2. The normalized spacial score (nSPS) is 12.1. The van der Waals surface area contributed by atoms with E-state index in [0.717, 1.165) is 5.56 Å². The lowest BCUT2D eigenvalue weighted by Gasteiger charge is -2.14. The van der Waals surface area contributed by atoms with E-state index in [0.29, 0.717) is 13.1 Å². The molecule has 5 heteroatoms. The van der Waals surface area contributed by atoms with Crippen molar-refractivity contribution in [2.24, 2.45) is 5.73 Å². The predicted octanol–water partition coefficient (Wildman–Crippen LogP) is 0.711. The van der Waals surface area contributed by atoms with E-state index in [4.69, 9.17) is 5.73 Å². The van der Waals surface area contributed by atoms with Crippen LogP contribution >= 0.6 is 0 Å². The average Bonchev–Trinajstić information content (AvgIpc) is 2.24. The molecule has 5 nitrogen and oxygen atoms in total. The van der Waals surface area contributed by atoms with Crippen LogP contribution in [0.5, 0.6) is 5.75 Å². The minimum atomic E-state index is -0.521. The van der Waals surface area contributed by atoms with Crippen molar-refractivity contribution in [1.82, 2.24) is 10.6 Å². The maximum Gasteiger partial charge on any atom is 0.312 e. The van der Waals surface area contributed by atoms with Gasteiger partial charge < -0.3 is 21.5 Å². The number of carbonyl (C=O) groups excluding carboxylic acids is 1. The number of rotatable bonds is 5. The standard InChI is InChI=1S/C11H17N3O2/c1-8(13-5-6-14-11(12)16)9-3-2-4-10(15)7-9/h2-4,7-8,13,15H,5-6H2,1H3,(H3,12,14,16). The molecular formula is C11H17N3O2. The molecule has 1 unspecified atom stereocenters. The minimum absolute atomic E-state index is 0.113. The summed E-state index contributed by atoms with van der Waals surface area (Å²) < 4.78 is 0. The third-order valence-electron chi connectivity index (χ3n) is 2.24. The number of hydrogen-bond donors (Lipinski definition) is 4. The van der Waals surface area contributed by atoms with Crippen LogP contribution in [0.4, 0.5) is 4.79 Å². The summed E-state index contributed by atoms with van der Waals surface area (Å²) in [5, 5.41) is 15.0. The number of amides is 2. The van der Waals surface area contributed by atoms with E-state index in [1.807, 2.05) is 13.0 Å². The quantitative estimate of drug-likeness (QED) is 0.554. The number of phenols is 1. The summed E-state index contributed by atoms with van der Waals surface area (Å²) in [5.41, 5.74) is 5.93. The Bertz CT molecular complexity index is 355. The molecule has 0 bridgehead atoms. The van der Waals surface area contributed by atoms with Crippen LogP contribution in [-0.4, -0.2) is 24.2 Å². The van der Waals surface area contributed by atoms with Gasteiger partial charge in [0.25, 0.3) is 0 Å². The van der Waals surface area contributed by atoms with Gasteiger partial charge >= 0.3 is 6.03 Å². The van der Waals surface area contributed by atoms with Crippen molar-refractivity contribution in [3.05, 3.63) is 29.8 Å². The second-order valence-electron chi connectivity index (χ2n) is 3.56. The largest absolute Gasteiger partial charge is 0.508 e. The fourth-order valence-corrected chi connectivity index (χ4v) is 1.39. The molecule has 2 amide bonds. The van der Waals surface area contributed by atoms with Crippen molar-refractivity contribution in [1.29, 1.82) is 0 Å². The van der Waals surface area contributed by atoms with E-state index in [1.165, 1.54) is 0 Å². The zero-order valence-electron chi connectivity index (χ0n) is 9.23. The molecule has 0 spiro atoms. The van der Waals surface area contributed by atoms with E-state index in [2.05, 4.69) is 10.6 Å². The Labute approximate surface area is 94.7 Å². The Morgan fingerprint density at radius 3 is 2.88 bits per heavy atom. The van der Waals surface area contributed by atoms with Gasteiger partial charge in [0, 0.05) is 19.1 Å². The van der Waals surface area contributed by atoms with Gasteiger partial charge in [0.2, 0.25) is 0 Å². The van der Waals surface area contributed by atoms with Crippen molar-refractivity contribution in [3.8, 4) is 5.75 Å². The molecule has 0 saturated heterocycles. The molecule has 5 N–H and O–H groups in total. The van der Waals surface area contributed by atoms with Gasteiger partial charge in [-0.05, 0) is 24.6 Å². The van der Waals surface area contributed by atoms with Crippen molar-refractivity contribution < 1.29 is 9.90 Å². The highest BCUT2D eigenvalue weighted by Gasteiger charge is 2.04. The molecule has 0 aliphatic carbocycles. The number of nitrogens with two attached hydrogens (primary N) is 1. The second kappa shape index (κ2) is 5.97. The Balaban J connectivity index is 2.35. The molecule has 0 aliphatic rings. The lowest BCUT2D eigenvalue weighted by Crippen LogP contribution is -2.35. The van der Waals surface area contributed by atoms with Crippen molar-refractivity contribution in [2.45, 2.75) is 13.0 Å². The molecule has 1 rings (SSSR count). The van der Waals surface area contributed by atoms with Crippen LogP contribution in [0.2, 0.25) is 0 Å². The van der Waals surface area contributed by atoms with E-state index in [1.54, 1.807) is 18.2 Å². The average molecular weight is 223 g/mol. The summed E-state index contributed by atoms with van der Waals surface area (Å²) in [7, 11) is 0. The zero-order chi connectivity index (χ0) is 12.0. The van der Waals surface area contributed by atoms with Gasteiger partial charge in [0.15, 0.2) is 0 Å². The molecule has 0 radical (unpaired) electrons. The van der Waals surface area contributed by atoms with Gasteiger partial charge in [0.05, 0.1) is 0 Å². The highest BCUT2D eigenvalue weighted by atomic mass is 16.3. The van der Waals surface area contributed by atoms with Gasteiger partial charge in [-0.2, -0.15) is 0 Å². The number of hydrogen-bond acceptors (Lipinski definition) is 3. The molecule has 1 aromatic carbocycles. The second-order valence-corrected chi connectivity index (χ2v) is 3.56. The molecule has 16 heavy (non-hydrogen) atoms. The Kier molecular flexibility index (Phi) is 4.60. The lowest BCUT2D eigenvalue weighted by molar-refractivity contribution is 0.249. The first-order valence-corrected chi connectivity index (χ1v) is 5.15. The fraction of sp³-hybridized carbons (Fsp3) is 0.364. The fourth-order valence-electron chi connectivity index (χ4n) is 1.39. The monoisotopic (exact) mass is 223 g/mol. The summed E-state index contributed by atoms with van der Waals surface area (Å²) in [6.07, 6.45) is 0. The van der Waals surface area contributed by atoms with Crippen molar-refractivity contribution in [3.63, 3.8) is 0 Å². The van der Waals surface area contributed by atoms with E-state index in [9.17, 15) is 9.90 Å². The van der Waals surface area contributed by atoms with Crippen LogP contribution < -0.4 is 16.4 Å². The Hall–Kier alpha value is -1.75. The lowest BCUT2D eigenvalue weighted by atomic mass is 10.1. The zero-order valence-corrected chi connectivity index (χ0v) is 9.23. The summed E-state index contributed by atoms with van der Waals surface area (Å²) in [5.74, 6) is 0.251. The maximum atomic E-state index is 10.4. The molecule has 0 saturated carbocycles. The van der Waals surface area contributed by atoms with Crippen LogP contribution in [0.25, 0.3) is 0 Å². The highest BCUT2D eigenvalue weighted by Crippen LogP contribution is 2.17. The number of benzene rings is 1. The molecule has 0 fully saturated rings. The summed E-state index contributed by atoms with van der Waals surface area (Å²) >= 11 is 0. The smallest absolute Gasteiger partial charge is 0.312 e. The van der Waals surface area contributed by atoms with Gasteiger partial charge in [-0.3, -0.25) is 0 Å². The summed E-state index contributed by atoms with van der Waals surface area (Å²) in [6, 6.07) is 6.65. The number of urea groups is 1. The summed E-state index contributed by atoms with van der Waals surface area (Å²) in [6.45, 7) is 3.09. The van der Waals surface area contributed by atoms with Gasteiger partial charge in [-0.15, -0.1) is 0 Å². The first kappa shape index (κ1) is 12.3. The van der Waals surface area contributed by atoms with Gasteiger partial charge in [0.1, 0.15) is 5.75 Å². The molecule has 1 atom stereocenters. The number of aromatic hydroxyl groups is 1. The van der Waals surface area contributed by atoms with E-state index >= 15 is 0 Å². The SMILES string of the molecule is CC(NCCNC(N)=O)c1cccc(O)c1. The summed E-state index contributed by atoms with van der Waals surface area (Å²) in [4.78, 5) is 10.4. The molecule has 0 heterocycles. The Morgan fingerprint density at radius 1 is 1.50 bits per heavy atom. The first-order valence-electron chi connectivity index (χ1n) is 5.15. The predicted molar refractivity (Wildman–Crippen MR) is 62.1 cm³/mol. The molecule has 1 aromatic rings. The highest BCUT2D eigenvalue weighted by molar-refractivity contribution is 5.71. The first-order chi connectivity index (χ1) is 7.59.